The van der Waals surface area contributed by atoms with E-state index in [4.69, 9.17) is 0 Å². The zero-order chi connectivity index (χ0) is 19.4. The van der Waals surface area contributed by atoms with Gasteiger partial charge < -0.3 is 20.2 Å². The van der Waals surface area contributed by atoms with Crippen LogP contribution in [0.5, 0.6) is 0 Å². The van der Waals surface area contributed by atoms with Gasteiger partial charge in [0.05, 0.1) is 0 Å². The van der Waals surface area contributed by atoms with Crippen LogP contribution in [-0.4, -0.2) is 32.1 Å². The molecule has 0 bridgehead atoms. The van der Waals surface area contributed by atoms with Crippen molar-refractivity contribution in [3.63, 3.8) is 0 Å². The van der Waals surface area contributed by atoms with E-state index in [9.17, 15) is 19.8 Å². The fourth-order valence-corrected chi connectivity index (χ4v) is 4.53. The lowest BCUT2D eigenvalue weighted by molar-refractivity contribution is 0.0679. The first-order chi connectivity index (χ1) is 12.1. The van der Waals surface area contributed by atoms with Crippen LogP contribution in [-0.2, 0) is 12.8 Å². The number of rotatable bonds is 4. The molecule has 26 heavy (non-hydrogen) atoms. The van der Waals surface area contributed by atoms with Gasteiger partial charge in [-0.05, 0) is 60.8 Å². The van der Waals surface area contributed by atoms with E-state index in [0.717, 1.165) is 52.9 Å². The molecule has 4 N–H and O–H groups in total. The molecule has 0 spiro atoms. The van der Waals surface area contributed by atoms with Crippen LogP contribution in [0.25, 0.3) is 0 Å². The van der Waals surface area contributed by atoms with Crippen LogP contribution in [0.3, 0.4) is 0 Å². The highest BCUT2D eigenvalue weighted by Crippen LogP contribution is 2.50. The third-order valence-corrected chi connectivity index (χ3v) is 5.98. The molecule has 0 aliphatic heterocycles. The van der Waals surface area contributed by atoms with E-state index < -0.39 is 11.9 Å². The Balaban J connectivity index is 2.28. The minimum atomic E-state index is -0.966. The predicted octanol–water partition coefficient (Wildman–Crippen LogP) is 4.02. The lowest BCUT2D eigenvalue weighted by atomic mass is 9.66. The van der Waals surface area contributed by atoms with Crippen molar-refractivity contribution in [2.24, 2.45) is 5.41 Å². The van der Waals surface area contributed by atoms with Crippen molar-refractivity contribution < 1.29 is 19.8 Å². The van der Waals surface area contributed by atoms with Crippen molar-refractivity contribution in [3.05, 3.63) is 45.0 Å². The number of hydrogen-bond donors (Lipinski definition) is 4. The third kappa shape index (κ3) is 2.55. The summed E-state index contributed by atoms with van der Waals surface area (Å²) in [7, 11) is 0. The predicted molar refractivity (Wildman–Crippen MR) is 98.3 cm³/mol. The molecule has 1 atom stereocenters. The number of H-pyrrole nitrogens is 2. The summed E-state index contributed by atoms with van der Waals surface area (Å²) >= 11 is 0. The highest BCUT2D eigenvalue weighted by molar-refractivity contribution is 5.89. The molecule has 1 aliphatic carbocycles. The third-order valence-electron chi connectivity index (χ3n) is 5.98. The molecule has 140 valence electrons. The van der Waals surface area contributed by atoms with E-state index in [0.29, 0.717) is 0 Å². The van der Waals surface area contributed by atoms with Gasteiger partial charge >= 0.3 is 11.9 Å². The number of nitrogens with one attached hydrogen (secondary N) is 2. The second-order valence-corrected chi connectivity index (χ2v) is 7.92. The summed E-state index contributed by atoms with van der Waals surface area (Å²) in [4.78, 5) is 29.5. The number of fused-ring (bicyclic) bond motifs is 1. The average molecular weight is 358 g/mol. The van der Waals surface area contributed by atoms with E-state index in [1.807, 2.05) is 20.8 Å². The van der Waals surface area contributed by atoms with Crippen LogP contribution in [0.15, 0.2) is 0 Å². The van der Waals surface area contributed by atoms with Gasteiger partial charge in [-0.1, -0.05) is 20.8 Å². The van der Waals surface area contributed by atoms with E-state index in [1.165, 1.54) is 0 Å². The second kappa shape index (κ2) is 6.04. The zero-order valence-corrected chi connectivity index (χ0v) is 15.9. The summed E-state index contributed by atoms with van der Waals surface area (Å²) in [5, 5.41) is 19.0. The Morgan fingerprint density at radius 1 is 1.04 bits per heavy atom. The quantitative estimate of drug-likeness (QED) is 0.662. The van der Waals surface area contributed by atoms with Crippen LogP contribution < -0.4 is 0 Å². The summed E-state index contributed by atoms with van der Waals surface area (Å²) in [5.41, 5.74) is 5.74. The number of carboxylic acid groups (broad SMARTS) is 2. The largest absolute Gasteiger partial charge is 0.477 e. The number of aromatic nitrogens is 2. The Kier molecular flexibility index (Phi) is 4.25. The zero-order valence-electron chi connectivity index (χ0n) is 15.9. The monoisotopic (exact) mass is 358 g/mol. The fraction of sp³-hybridized carbons (Fsp3) is 0.500. The van der Waals surface area contributed by atoms with Gasteiger partial charge in [-0.3, -0.25) is 0 Å². The van der Waals surface area contributed by atoms with Gasteiger partial charge in [-0.25, -0.2) is 9.59 Å². The lowest BCUT2D eigenvalue weighted by Gasteiger charge is -2.39. The fourth-order valence-electron chi connectivity index (χ4n) is 4.53. The Labute approximate surface area is 152 Å². The molecule has 6 heteroatoms. The molecule has 2 aromatic rings. The summed E-state index contributed by atoms with van der Waals surface area (Å²) in [6.45, 7) is 10.0. The van der Waals surface area contributed by atoms with Gasteiger partial charge in [0.1, 0.15) is 11.4 Å². The molecule has 0 radical (unpaired) electrons. The molecular weight excluding hydrogens is 332 g/mol. The molecule has 2 aromatic heterocycles. The summed E-state index contributed by atoms with van der Waals surface area (Å²) in [6, 6.07) is 0. The molecule has 0 saturated carbocycles. The van der Waals surface area contributed by atoms with E-state index in [2.05, 4.69) is 23.8 Å². The molecule has 1 unspecified atom stereocenters. The van der Waals surface area contributed by atoms with Crippen LogP contribution in [0.2, 0.25) is 0 Å². The minimum Gasteiger partial charge on any atom is -0.477 e. The van der Waals surface area contributed by atoms with Crippen molar-refractivity contribution >= 4 is 11.9 Å². The Morgan fingerprint density at radius 3 is 2.12 bits per heavy atom. The number of carbonyl (C=O) groups is 2. The van der Waals surface area contributed by atoms with E-state index in [-0.39, 0.29) is 22.7 Å². The van der Waals surface area contributed by atoms with E-state index in [1.54, 1.807) is 0 Å². The highest BCUT2D eigenvalue weighted by atomic mass is 16.4. The molecular formula is C20H26N2O4. The van der Waals surface area contributed by atoms with Crippen molar-refractivity contribution in [2.45, 2.75) is 59.8 Å². The second-order valence-electron chi connectivity index (χ2n) is 7.92. The molecule has 2 heterocycles. The highest BCUT2D eigenvalue weighted by Gasteiger charge is 2.42. The Hall–Kier alpha value is -2.50. The molecule has 0 fully saturated rings. The molecule has 0 aromatic carbocycles. The number of hydrogen-bond acceptors (Lipinski definition) is 2. The van der Waals surface area contributed by atoms with Gasteiger partial charge in [-0.2, -0.15) is 0 Å². The summed E-state index contributed by atoms with van der Waals surface area (Å²) < 4.78 is 0. The number of carboxylic acids is 2. The van der Waals surface area contributed by atoms with E-state index >= 15 is 0 Å². The average Bonchev–Trinajstić information content (AvgIpc) is 3.04. The first kappa shape index (κ1) is 18.3. The Bertz CT molecular complexity index is 902. The molecule has 6 nitrogen and oxygen atoms in total. The molecule has 3 rings (SSSR count). The van der Waals surface area contributed by atoms with Crippen LogP contribution in [0.4, 0.5) is 0 Å². The number of aromatic amines is 2. The van der Waals surface area contributed by atoms with Gasteiger partial charge in [0.25, 0.3) is 0 Å². The lowest BCUT2D eigenvalue weighted by Crippen LogP contribution is -2.30. The van der Waals surface area contributed by atoms with Gasteiger partial charge in [0, 0.05) is 17.3 Å². The van der Waals surface area contributed by atoms with Gasteiger partial charge in [0.2, 0.25) is 0 Å². The minimum absolute atomic E-state index is 0.0974. The van der Waals surface area contributed by atoms with Crippen LogP contribution >= 0.6 is 0 Å². The van der Waals surface area contributed by atoms with Crippen molar-refractivity contribution in [1.82, 2.24) is 9.97 Å². The standard InChI is InChI=1S/C20H26N2O4/c1-6-11-9(2)14(18(23)24)21-16(11)13-17-12(7-8-20(13,4)5)10(3)15(22-17)19(25)26/h13,21-22H,6-8H2,1-5H3,(H,23,24)(H,25,26). The van der Waals surface area contributed by atoms with Crippen molar-refractivity contribution in [3.8, 4) is 0 Å². The van der Waals surface area contributed by atoms with Crippen LogP contribution in [0, 0.1) is 19.3 Å². The first-order valence-corrected chi connectivity index (χ1v) is 8.99. The smallest absolute Gasteiger partial charge is 0.352 e. The number of aromatic carboxylic acids is 2. The van der Waals surface area contributed by atoms with Crippen LogP contribution in [0.1, 0.15) is 87.7 Å². The summed E-state index contributed by atoms with van der Waals surface area (Å²) in [6.07, 6.45) is 2.45. The normalized spacial score (nSPS) is 18.6. The van der Waals surface area contributed by atoms with Gasteiger partial charge in [-0.15, -0.1) is 0 Å². The van der Waals surface area contributed by atoms with Gasteiger partial charge in [0.15, 0.2) is 0 Å². The maximum absolute atomic E-state index is 11.6. The molecule has 1 aliphatic rings. The summed E-state index contributed by atoms with van der Waals surface area (Å²) in [5.74, 6) is -2.02. The molecule has 0 saturated heterocycles. The first-order valence-electron chi connectivity index (χ1n) is 8.99. The van der Waals surface area contributed by atoms with Crippen molar-refractivity contribution in [2.75, 3.05) is 0 Å². The topological polar surface area (TPSA) is 106 Å². The van der Waals surface area contributed by atoms with Crippen molar-refractivity contribution in [1.29, 1.82) is 0 Å². The maximum atomic E-state index is 11.6. The maximum Gasteiger partial charge on any atom is 0.352 e. The Morgan fingerprint density at radius 2 is 1.58 bits per heavy atom. The SMILES string of the molecule is CCc1c(C2c3[nH]c(C(=O)O)c(C)c3CCC2(C)C)[nH]c(C(=O)O)c1C. The molecule has 0 amide bonds.